The highest BCUT2D eigenvalue weighted by atomic mass is 32.2. The van der Waals surface area contributed by atoms with Crippen molar-refractivity contribution in [3.63, 3.8) is 0 Å². The zero-order chi connectivity index (χ0) is 13.5. The number of carbonyl (C=O) groups excluding carboxylic acids is 1. The molecule has 0 aromatic heterocycles. The predicted octanol–water partition coefficient (Wildman–Crippen LogP) is 2.96. The van der Waals surface area contributed by atoms with E-state index in [1.54, 1.807) is 23.9 Å². The number of hydrogen-bond donors (Lipinski definition) is 1. The van der Waals surface area contributed by atoms with Crippen LogP contribution in [-0.4, -0.2) is 18.3 Å². The Labute approximate surface area is 109 Å². The molecule has 1 amide bonds. The second kappa shape index (κ2) is 7.20. The molecule has 3 nitrogen and oxygen atoms in total. The number of primary amides is 1. The molecule has 0 aliphatic heterocycles. The number of carbonyl (C=O) groups is 1. The van der Waals surface area contributed by atoms with E-state index in [1.165, 1.54) is 12.1 Å². The normalized spacial score (nSPS) is 12.4. The van der Waals surface area contributed by atoms with E-state index >= 15 is 0 Å². The minimum absolute atomic E-state index is 0.142. The van der Waals surface area contributed by atoms with Crippen LogP contribution in [-0.2, 0) is 4.79 Å². The first kappa shape index (κ1) is 14.8. The number of rotatable bonds is 7. The topological polar surface area (TPSA) is 52.3 Å². The summed E-state index contributed by atoms with van der Waals surface area (Å²) in [5.74, 6) is 0.463. The SMILES string of the molecule is C[C@H](SCCC(N)=O)c1ccc(OC(F)F)cc1. The van der Waals surface area contributed by atoms with Gasteiger partial charge in [0.1, 0.15) is 5.75 Å². The summed E-state index contributed by atoms with van der Waals surface area (Å²) in [5.41, 5.74) is 6.04. The lowest BCUT2D eigenvalue weighted by atomic mass is 10.2. The summed E-state index contributed by atoms with van der Waals surface area (Å²) < 4.78 is 28.2. The quantitative estimate of drug-likeness (QED) is 0.832. The maximum absolute atomic E-state index is 12.0. The largest absolute Gasteiger partial charge is 0.435 e. The predicted molar refractivity (Wildman–Crippen MR) is 67.8 cm³/mol. The maximum atomic E-state index is 12.0. The van der Waals surface area contributed by atoms with Crippen molar-refractivity contribution in [2.75, 3.05) is 5.75 Å². The van der Waals surface area contributed by atoms with Gasteiger partial charge in [0.2, 0.25) is 5.91 Å². The number of hydrogen-bond acceptors (Lipinski definition) is 3. The van der Waals surface area contributed by atoms with E-state index in [4.69, 9.17) is 5.73 Å². The molecule has 6 heteroatoms. The van der Waals surface area contributed by atoms with Gasteiger partial charge in [0.25, 0.3) is 0 Å². The van der Waals surface area contributed by atoms with Crippen LogP contribution in [0.1, 0.15) is 24.2 Å². The molecule has 1 aromatic rings. The lowest BCUT2D eigenvalue weighted by Gasteiger charge is -2.12. The Hall–Kier alpha value is -1.30. The minimum Gasteiger partial charge on any atom is -0.435 e. The van der Waals surface area contributed by atoms with Gasteiger partial charge in [0.05, 0.1) is 0 Å². The number of amides is 1. The van der Waals surface area contributed by atoms with Crippen LogP contribution in [0, 0.1) is 0 Å². The Balaban J connectivity index is 2.48. The standard InChI is InChI=1S/C12H15F2NO2S/c1-8(18-7-6-11(15)16)9-2-4-10(5-3-9)17-12(13)14/h2-5,8,12H,6-7H2,1H3,(H2,15,16)/t8-/m0/s1. The molecule has 0 bridgehead atoms. The van der Waals surface area contributed by atoms with Gasteiger partial charge in [-0.05, 0) is 24.6 Å². The molecule has 1 aromatic carbocycles. The maximum Gasteiger partial charge on any atom is 0.387 e. The zero-order valence-electron chi connectivity index (χ0n) is 9.94. The van der Waals surface area contributed by atoms with Crippen molar-refractivity contribution in [1.82, 2.24) is 0 Å². The van der Waals surface area contributed by atoms with Gasteiger partial charge < -0.3 is 10.5 Å². The molecule has 0 fully saturated rings. The molecule has 1 atom stereocenters. The first-order valence-corrected chi connectivity index (χ1v) is 6.48. The van der Waals surface area contributed by atoms with Gasteiger partial charge in [-0.15, -0.1) is 0 Å². The molecular weight excluding hydrogens is 260 g/mol. The fraction of sp³-hybridized carbons (Fsp3) is 0.417. The monoisotopic (exact) mass is 275 g/mol. The molecule has 18 heavy (non-hydrogen) atoms. The summed E-state index contributed by atoms with van der Waals surface area (Å²) in [6.07, 6.45) is 0.335. The summed E-state index contributed by atoms with van der Waals surface area (Å²) in [5, 5.41) is 0.171. The van der Waals surface area contributed by atoms with E-state index < -0.39 is 6.61 Å². The van der Waals surface area contributed by atoms with Crippen molar-refractivity contribution < 1.29 is 18.3 Å². The number of nitrogens with two attached hydrogens (primary N) is 1. The number of ether oxygens (including phenoxy) is 1. The summed E-state index contributed by atoms with van der Waals surface area (Å²) >= 11 is 1.59. The highest BCUT2D eigenvalue weighted by molar-refractivity contribution is 7.99. The van der Waals surface area contributed by atoms with E-state index in [0.717, 1.165) is 5.56 Å². The van der Waals surface area contributed by atoms with Crippen LogP contribution in [0.15, 0.2) is 24.3 Å². The minimum atomic E-state index is -2.81. The second-order valence-corrected chi connectivity index (χ2v) is 5.13. The molecule has 0 heterocycles. The molecule has 0 radical (unpaired) electrons. The van der Waals surface area contributed by atoms with Crippen LogP contribution in [0.4, 0.5) is 8.78 Å². The van der Waals surface area contributed by atoms with Crippen LogP contribution < -0.4 is 10.5 Å². The van der Waals surface area contributed by atoms with Crippen LogP contribution in [0.5, 0.6) is 5.75 Å². The third-order valence-corrected chi connectivity index (χ3v) is 3.50. The molecule has 0 spiro atoms. The number of benzene rings is 1. The summed E-state index contributed by atoms with van der Waals surface area (Å²) in [6, 6.07) is 6.48. The zero-order valence-corrected chi connectivity index (χ0v) is 10.8. The molecule has 0 unspecified atom stereocenters. The Bertz CT molecular complexity index is 384. The summed E-state index contributed by atoms with van der Waals surface area (Å²) in [7, 11) is 0. The number of halogens is 2. The molecular formula is C12H15F2NO2S. The summed E-state index contributed by atoms with van der Waals surface area (Å²) in [4.78, 5) is 10.6. The highest BCUT2D eigenvalue weighted by Gasteiger charge is 2.08. The Kier molecular flexibility index (Phi) is 5.91. The Morgan fingerprint density at radius 2 is 2.00 bits per heavy atom. The van der Waals surface area contributed by atoms with Crippen LogP contribution in [0.2, 0.25) is 0 Å². The van der Waals surface area contributed by atoms with Gasteiger partial charge in [-0.25, -0.2) is 0 Å². The molecule has 0 saturated heterocycles. The molecule has 0 aliphatic rings. The molecule has 0 saturated carbocycles. The van der Waals surface area contributed by atoms with E-state index in [2.05, 4.69) is 4.74 Å². The van der Waals surface area contributed by atoms with Crippen molar-refractivity contribution >= 4 is 17.7 Å². The van der Waals surface area contributed by atoms with E-state index in [0.29, 0.717) is 12.2 Å². The summed E-state index contributed by atoms with van der Waals surface area (Å²) in [6.45, 7) is -0.826. The van der Waals surface area contributed by atoms with Crippen molar-refractivity contribution in [2.24, 2.45) is 5.73 Å². The lowest BCUT2D eigenvalue weighted by Crippen LogP contribution is -2.11. The average Bonchev–Trinajstić information content (AvgIpc) is 2.28. The van der Waals surface area contributed by atoms with Gasteiger partial charge in [0, 0.05) is 17.4 Å². The number of alkyl halides is 2. The third kappa shape index (κ3) is 5.35. The average molecular weight is 275 g/mol. The first-order chi connectivity index (χ1) is 8.49. The van der Waals surface area contributed by atoms with Crippen LogP contribution >= 0.6 is 11.8 Å². The smallest absolute Gasteiger partial charge is 0.387 e. The van der Waals surface area contributed by atoms with Crippen molar-refractivity contribution in [3.05, 3.63) is 29.8 Å². The molecule has 2 N–H and O–H groups in total. The van der Waals surface area contributed by atoms with Gasteiger partial charge in [-0.2, -0.15) is 20.5 Å². The van der Waals surface area contributed by atoms with Gasteiger partial charge >= 0.3 is 6.61 Å². The fourth-order valence-electron chi connectivity index (χ4n) is 1.35. The third-order valence-electron chi connectivity index (χ3n) is 2.29. The highest BCUT2D eigenvalue weighted by Crippen LogP contribution is 2.29. The van der Waals surface area contributed by atoms with Crippen molar-refractivity contribution in [2.45, 2.75) is 25.2 Å². The van der Waals surface area contributed by atoms with Gasteiger partial charge in [0.15, 0.2) is 0 Å². The van der Waals surface area contributed by atoms with Crippen LogP contribution in [0.25, 0.3) is 0 Å². The second-order valence-electron chi connectivity index (χ2n) is 3.68. The van der Waals surface area contributed by atoms with E-state index in [9.17, 15) is 13.6 Å². The van der Waals surface area contributed by atoms with Gasteiger partial charge in [-0.1, -0.05) is 12.1 Å². The molecule has 1 rings (SSSR count). The van der Waals surface area contributed by atoms with Gasteiger partial charge in [-0.3, -0.25) is 4.79 Å². The Morgan fingerprint density at radius 3 is 2.50 bits per heavy atom. The van der Waals surface area contributed by atoms with Crippen molar-refractivity contribution in [1.29, 1.82) is 0 Å². The molecule has 100 valence electrons. The Morgan fingerprint density at radius 1 is 1.39 bits per heavy atom. The van der Waals surface area contributed by atoms with E-state index in [-0.39, 0.29) is 16.9 Å². The van der Waals surface area contributed by atoms with Crippen LogP contribution in [0.3, 0.4) is 0 Å². The first-order valence-electron chi connectivity index (χ1n) is 5.43. The van der Waals surface area contributed by atoms with E-state index in [1.807, 2.05) is 6.92 Å². The fourth-order valence-corrected chi connectivity index (χ4v) is 2.37. The number of thioether (sulfide) groups is 1. The lowest BCUT2D eigenvalue weighted by molar-refractivity contribution is -0.117. The van der Waals surface area contributed by atoms with Crippen molar-refractivity contribution in [3.8, 4) is 5.75 Å². The molecule has 0 aliphatic carbocycles.